The van der Waals surface area contributed by atoms with Crippen LogP contribution in [-0.2, 0) is 9.53 Å². The van der Waals surface area contributed by atoms with E-state index in [2.05, 4.69) is 15.4 Å². The highest BCUT2D eigenvalue weighted by molar-refractivity contribution is 7.98. The summed E-state index contributed by atoms with van der Waals surface area (Å²) >= 11 is 1.62. The summed E-state index contributed by atoms with van der Waals surface area (Å²) in [6, 6.07) is -0.514. The van der Waals surface area contributed by atoms with Crippen molar-refractivity contribution in [2.24, 2.45) is 0 Å². The predicted octanol–water partition coefficient (Wildman–Crippen LogP) is 1.35. The normalized spacial score (nSPS) is 9.94. The molecule has 0 aromatic heterocycles. The molecule has 5 nitrogen and oxygen atoms in total. The molecule has 0 saturated carbocycles. The molecule has 0 aliphatic rings. The standard InChI is InChI=1S/C8H16N2O3S.C2H6.H2S/c1-9-7(11)6(4-5-14-3)10-8(12)13-2;1-2;/h6H,4-5H2,1-3H3,(H,9,11)(H,10,12);1-2H3;1H2/t6-;;/m0../s1. The molecule has 7 heteroatoms. The quantitative estimate of drug-likeness (QED) is 0.800. The molecule has 0 aliphatic heterocycles. The lowest BCUT2D eigenvalue weighted by Crippen LogP contribution is -2.45. The number of ether oxygens (including phenoxy) is 1. The van der Waals surface area contributed by atoms with Crippen molar-refractivity contribution >= 4 is 37.3 Å². The number of likely N-dealkylation sites (N-methyl/N-ethyl adjacent to an activating group) is 1. The average Bonchev–Trinajstić information content (AvgIpc) is 2.35. The lowest BCUT2D eigenvalue weighted by molar-refractivity contribution is -0.122. The average molecular weight is 284 g/mol. The molecule has 0 spiro atoms. The van der Waals surface area contributed by atoms with E-state index in [0.29, 0.717) is 6.42 Å². The number of thioether (sulfide) groups is 1. The Bertz CT molecular complexity index is 204. The van der Waals surface area contributed by atoms with Gasteiger partial charge in [0.2, 0.25) is 5.91 Å². The monoisotopic (exact) mass is 284 g/mol. The number of hydrogen-bond donors (Lipinski definition) is 2. The zero-order valence-electron chi connectivity index (χ0n) is 11.1. The van der Waals surface area contributed by atoms with E-state index in [-0.39, 0.29) is 19.4 Å². The lowest BCUT2D eigenvalue weighted by Gasteiger charge is -2.15. The van der Waals surface area contributed by atoms with Gasteiger partial charge in [-0.2, -0.15) is 25.3 Å². The summed E-state index contributed by atoms with van der Waals surface area (Å²) in [6.07, 6.45) is 1.95. The highest BCUT2D eigenvalue weighted by Gasteiger charge is 2.18. The summed E-state index contributed by atoms with van der Waals surface area (Å²) in [6.45, 7) is 4.00. The summed E-state index contributed by atoms with van der Waals surface area (Å²) in [4.78, 5) is 22.2. The minimum Gasteiger partial charge on any atom is -0.453 e. The number of carbonyl (C=O) groups excluding carboxylic acids is 2. The second kappa shape index (κ2) is 15.4. The molecular weight excluding hydrogens is 260 g/mol. The van der Waals surface area contributed by atoms with Gasteiger partial charge >= 0.3 is 6.09 Å². The first kappa shape index (κ1) is 21.7. The Hall–Kier alpha value is -0.560. The van der Waals surface area contributed by atoms with Crippen LogP contribution in [0.4, 0.5) is 4.79 Å². The first-order valence-corrected chi connectivity index (χ1v) is 6.60. The molecule has 0 rings (SSSR count). The Balaban J connectivity index is -0.000000616. The number of rotatable bonds is 5. The van der Waals surface area contributed by atoms with Crippen LogP contribution in [0.3, 0.4) is 0 Å². The van der Waals surface area contributed by atoms with Crippen LogP contribution in [0.15, 0.2) is 0 Å². The van der Waals surface area contributed by atoms with Gasteiger partial charge in [-0.3, -0.25) is 4.79 Å². The van der Waals surface area contributed by atoms with Crippen LogP contribution in [0, 0.1) is 0 Å². The molecule has 0 bridgehead atoms. The topological polar surface area (TPSA) is 67.4 Å². The molecule has 0 heterocycles. The molecule has 1 atom stereocenters. The molecule has 0 saturated heterocycles. The third-order valence-corrected chi connectivity index (χ3v) is 2.29. The highest BCUT2D eigenvalue weighted by Crippen LogP contribution is 2.01. The molecule has 0 aromatic rings. The maximum Gasteiger partial charge on any atom is 0.407 e. The number of amides is 2. The molecule has 0 aliphatic carbocycles. The van der Waals surface area contributed by atoms with E-state index < -0.39 is 12.1 Å². The number of alkyl carbamates (subject to hydrolysis) is 1. The van der Waals surface area contributed by atoms with Crippen LogP contribution >= 0.6 is 25.3 Å². The fourth-order valence-corrected chi connectivity index (χ4v) is 1.35. The van der Waals surface area contributed by atoms with Crippen LogP contribution in [-0.4, -0.2) is 44.2 Å². The molecule has 0 aromatic carbocycles. The van der Waals surface area contributed by atoms with E-state index in [4.69, 9.17) is 0 Å². The Morgan fingerprint density at radius 2 is 1.88 bits per heavy atom. The van der Waals surface area contributed by atoms with E-state index in [1.54, 1.807) is 11.8 Å². The van der Waals surface area contributed by atoms with Crippen LogP contribution < -0.4 is 10.6 Å². The maximum absolute atomic E-state index is 11.3. The summed E-state index contributed by atoms with van der Waals surface area (Å²) < 4.78 is 4.42. The molecule has 0 radical (unpaired) electrons. The van der Waals surface area contributed by atoms with Crippen LogP contribution in [0.25, 0.3) is 0 Å². The highest BCUT2D eigenvalue weighted by atomic mass is 32.2. The summed E-state index contributed by atoms with van der Waals surface area (Å²) in [7, 11) is 2.80. The van der Waals surface area contributed by atoms with Crippen LogP contribution in [0.5, 0.6) is 0 Å². The van der Waals surface area contributed by atoms with E-state index >= 15 is 0 Å². The predicted molar refractivity (Wildman–Crippen MR) is 78.1 cm³/mol. The summed E-state index contributed by atoms with van der Waals surface area (Å²) in [5, 5.41) is 4.95. The number of nitrogens with one attached hydrogen (secondary N) is 2. The number of carbonyl (C=O) groups is 2. The smallest absolute Gasteiger partial charge is 0.407 e. The van der Waals surface area contributed by atoms with Gasteiger partial charge in [0.1, 0.15) is 6.04 Å². The van der Waals surface area contributed by atoms with Crippen molar-refractivity contribution in [3.05, 3.63) is 0 Å². The zero-order chi connectivity index (χ0) is 13.0. The molecule has 0 unspecified atom stereocenters. The zero-order valence-corrected chi connectivity index (χ0v) is 12.9. The molecular formula is C10H24N2O3S2. The Labute approximate surface area is 115 Å². The third kappa shape index (κ3) is 11.7. The maximum atomic E-state index is 11.3. The Kier molecular flexibility index (Phi) is 19.7. The van der Waals surface area contributed by atoms with E-state index in [1.165, 1.54) is 14.2 Å². The second-order valence-corrected chi connectivity index (χ2v) is 3.57. The Morgan fingerprint density at radius 3 is 2.24 bits per heavy atom. The van der Waals surface area contributed by atoms with Crippen molar-refractivity contribution in [3.63, 3.8) is 0 Å². The van der Waals surface area contributed by atoms with Crippen molar-refractivity contribution in [2.75, 3.05) is 26.2 Å². The molecule has 2 amide bonds. The van der Waals surface area contributed by atoms with Crippen molar-refractivity contribution in [3.8, 4) is 0 Å². The van der Waals surface area contributed by atoms with Gasteiger partial charge in [0, 0.05) is 7.05 Å². The van der Waals surface area contributed by atoms with Gasteiger partial charge in [-0.05, 0) is 18.4 Å². The van der Waals surface area contributed by atoms with Crippen LogP contribution in [0.1, 0.15) is 20.3 Å². The van der Waals surface area contributed by atoms with Crippen molar-refractivity contribution in [1.82, 2.24) is 10.6 Å². The first-order valence-electron chi connectivity index (χ1n) is 5.20. The first-order chi connectivity index (χ1) is 7.65. The van der Waals surface area contributed by atoms with Gasteiger partial charge in [-0.15, -0.1) is 0 Å². The molecule has 104 valence electrons. The van der Waals surface area contributed by atoms with E-state index in [0.717, 1.165) is 5.75 Å². The minimum atomic E-state index is -0.584. The van der Waals surface area contributed by atoms with Gasteiger partial charge in [0.05, 0.1) is 7.11 Å². The van der Waals surface area contributed by atoms with Crippen molar-refractivity contribution in [2.45, 2.75) is 26.3 Å². The van der Waals surface area contributed by atoms with Gasteiger partial charge in [-0.1, -0.05) is 13.8 Å². The van der Waals surface area contributed by atoms with Gasteiger partial charge in [-0.25, -0.2) is 4.79 Å². The van der Waals surface area contributed by atoms with Crippen LogP contribution in [0.2, 0.25) is 0 Å². The summed E-state index contributed by atoms with van der Waals surface area (Å²) in [5.74, 6) is 0.603. The molecule has 0 fully saturated rings. The fraction of sp³-hybridized carbons (Fsp3) is 0.800. The second-order valence-electron chi connectivity index (χ2n) is 2.58. The van der Waals surface area contributed by atoms with Crippen molar-refractivity contribution < 1.29 is 14.3 Å². The third-order valence-electron chi connectivity index (χ3n) is 1.65. The van der Waals surface area contributed by atoms with Gasteiger partial charge in [0.15, 0.2) is 0 Å². The minimum absolute atomic E-state index is 0. The van der Waals surface area contributed by atoms with Gasteiger partial charge in [0.25, 0.3) is 0 Å². The Morgan fingerprint density at radius 1 is 1.35 bits per heavy atom. The van der Waals surface area contributed by atoms with E-state index in [1.807, 2.05) is 20.1 Å². The lowest BCUT2D eigenvalue weighted by atomic mass is 10.2. The largest absolute Gasteiger partial charge is 0.453 e. The number of methoxy groups -OCH3 is 1. The molecule has 17 heavy (non-hydrogen) atoms. The summed E-state index contributed by atoms with van der Waals surface area (Å²) in [5.41, 5.74) is 0. The SMILES string of the molecule is CC.CNC(=O)[C@H](CCSC)NC(=O)OC.S. The molecule has 2 N–H and O–H groups in total. The van der Waals surface area contributed by atoms with Gasteiger partial charge < -0.3 is 15.4 Å². The van der Waals surface area contributed by atoms with Crippen molar-refractivity contribution in [1.29, 1.82) is 0 Å². The fourth-order valence-electron chi connectivity index (χ4n) is 0.880. The van der Waals surface area contributed by atoms with E-state index in [9.17, 15) is 9.59 Å². The number of hydrogen-bond acceptors (Lipinski definition) is 4.